The van der Waals surface area contributed by atoms with Crippen LogP contribution in [0.25, 0.3) is 10.6 Å². The van der Waals surface area contributed by atoms with Crippen LogP contribution in [0.5, 0.6) is 5.75 Å². The summed E-state index contributed by atoms with van der Waals surface area (Å²) in [6.07, 6.45) is 4.56. The summed E-state index contributed by atoms with van der Waals surface area (Å²) < 4.78 is 5.96. The van der Waals surface area contributed by atoms with Gasteiger partial charge in [0.1, 0.15) is 10.8 Å². The van der Waals surface area contributed by atoms with Crippen molar-refractivity contribution in [3.8, 4) is 16.3 Å². The van der Waals surface area contributed by atoms with Crippen LogP contribution in [-0.4, -0.2) is 53.0 Å². The number of nitrogens with zero attached hydrogens (tertiary/aromatic N) is 3. The highest BCUT2D eigenvalue weighted by Crippen LogP contribution is 2.33. The second-order valence-electron chi connectivity index (χ2n) is 9.87. The minimum atomic E-state index is -0.340. The molecule has 1 atom stereocenters. The Labute approximate surface area is 190 Å². The molecule has 1 fully saturated rings. The Morgan fingerprint density at radius 2 is 2.00 bits per heavy atom. The van der Waals surface area contributed by atoms with E-state index in [0.29, 0.717) is 6.54 Å². The lowest BCUT2D eigenvalue weighted by Crippen LogP contribution is -2.42. The molecule has 1 saturated heterocycles. The van der Waals surface area contributed by atoms with Crippen molar-refractivity contribution in [1.29, 1.82) is 0 Å². The van der Waals surface area contributed by atoms with E-state index in [-0.39, 0.29) is 11.3 Å². The molecule has 1 aromatic heterocycles. The van der Waals surface area contributed by atoms with Crippen molar-refractivity contribution in [2.75, 3.05) is 26.2 Å². The van der Waals surface area contributed by atoms with Gasteiger partial charge in [0.05, 0.1) is 18.8 Å². The van der Waals surface area contributed by atoms with Gasteiger partial charge in [-0.25, -0.2) is 4.98 Å². The van der Waals surface area contributed by atoms with Crippen molar-refractivity contribution in [3.05, 3.63) is 34.8 Å². The lowest BCUT2D eigenvalue weighted by atomic mass is 9.94. The molecular formula is C25H35N3O2S. The van der Waals surface area contributed by atoms with E-state index in [9.17, 15) is 4.79 Å². The van der Waals surface area contributed by atoms with Crippen molar-refractivity contribution in [2.45, 2.75) is 66.0 Å². The van der Waals surface area contributed by atoms with Gasteiger partial charge in [-0.05, 0) is 57.0 Å². The molecule has 0 radical (unpaired) electrons. The SMILES string of the molecule is CC1CCCN1CCCOc1ccc(-c2nc3c(s2)CN(C(=O)C(C)(C)C)CC3)cc1. The maximum absolute atomic E-state index is 12.6. The molecule has 0 spiro atoms. The third kappa shape index (κ3) is 5.29. The highest BCUT2D eigenvalue weighted by Gasteiger charge is 2.31. The van der Waals surface area contributed by atoms with E-state index in [1.165, 1.54) is 24.3 Å². The Kier molecular flexibility index (Phi) is 6.68. The summed E-state index contributed by atoms with van der Waals surface area (Å²) in [5.41, 5.74) is 1.92. The van der Waals surface area contributed by atoms with Crippen LogP contribution in [-0.2, 0) is 17.8 Å². The number of benzene rings is 1. The molecule has 4 rings (SSSR count). The van der Waals surface area contributed by atoms with Gasteiger partial charge in [0.2, 0.25) is 5.91 Å². The summed E-state index contributed by atoms with van der Waals surface area (Å²) >= 11 is 1.71. The molecule has 2 aliphatic heterocycles. The number of likely N-dealkylation sites (tertiary alicyclic amines) is 1. The number of thiazole rings is 1. The maximum Gasteiger partial charge on any atom is 0.228 e. The van der Waals surface area contributed by atoms with E-state index in [4.69, 9.17) is 9.72 Å². The van der Waals surface area contributed by atoms with Crippen LogP contribution in [0.2, 0.25) is 0 Å². The van der Waals surface area contributed by atoms with Crippen LogP contribution in [0.15, 0.2) is 24.3 Å². The summed E-state index contributed by atoms with van der Waals surface area (Å²) in [4.78, 5) is 23.3. The fraction of sp³-hybridized carbons (Fsp3) is 0.600. The first-order chi connectivity index (χ1) is 14.8. The van der Waals surface area contributed by atoms with Crippen LogP contribution in [0.4, 0.5) is 0 Å². The van der Waals surface area contributed by atoms with Crippen molar-refractivity contribution in [1.82, 2.24) is 14.8 Å². The van der Waals surface area contributed by atoms with Crippen LogP contribution in [0, 0.1) is 5.41 Å². The second kappa shape index (κ2) is 9.29. The molecule has 168 valence electrons. The van der Waals surface area contributed by atoms with Crippen LogP contribution in [0.3, 0.4) is 0 Å². The largest absolute Gasteiger partial charge is 0.494 e. The summed E-state index contributed by atoms with van der Waals surface area (Å²) in [7, 11) is 0. The van der Waals surface area contributed by atoms with Crippen LogP contribution in [0.1, 0.15) is 57.5 Å². The van der Waals surface area contributed by atoms with Crippen molar-refractivity contribution in [2.24, 2.45) is 5.41 Å². The van der Waals surface area contributed by atoms with E-state index in [0.717, 1.165) is 60.6 Å². The number of ether oxygens (including phenoxy) is 1. The van der Waals surface area contributed by atoms with E-state index in [1.54, 1.807) is 11.3 Å². The number of carbonyl (C=O) groups excluding carboxylic acids is 1. The van der Waals surface area contributed by atoms with Crippen LogP contribution >= 0.6 is 11.3 Å². The van der Waals surface area contributed by atoms with Crippen LogP contribution < -0.4 is 4.74 Å². The van der Waals surface area contributed by atoms with E-state index in [2.05, 4.69) is 24.0 Å². The Morgan fingerprint density at radius 3 is 2.68 bits per heavy atom. The zero-order valence-corrected chi connectivity index (χ0v) is 20.1. The van der Waals surface area contributed by atoms with Gasteiger partial charge >= 0.3 is 0 Å². The number of hydrogen-bond donors (Lipinski definition) is 0. The zero-order chi connectivity index (χ0) is 22.0. The van der Waals surface area contributed by atoms with E-state index < -0.39 is 0 Å². The second-order valence-corrected chi connectivity index (χ2v) is 11.0. The quantitative estimate of drug-likeness (QED) is 0.592. The molecule has 1 aromatic carbocycles. The highest BCUT2D eigenvalue weighted by atomic mass is 32.1. The molecule has 6 heteroatoms. The van der Waals surface area contributed by atoms with Gasteiger partial charge in [-0.3, -0.25) is 4.79 Å². The Bertz CT molecular complexity index is 900. The average Bonchev–Trinajstić information content (AvgIpc) is 3.35. The molecule has 2 aliphatic rings. The topological polar surface area (TPSA) is 45.7 Å². The fourth-order valence-corrected chi connectivity index (χ4v) is 5.57. The molecule has 5 nitrogen and oxygen atoms in total. The van der Waals surface area contributed by atoms with Crippen molar-refractivity contribution >= 4 is 17.2 Å². The molecule has 3 heterocycles. The normalized spacial score (nSPS) is 19.5. The molecule has 1 amide bonds. The van der Waals surface area contributed by atoms with Gasteiger partial charge in [-0.15, -0.1) is 11.3 Å². The molecular weight excluding hydrogens is 406 g/mol. The minimum absolute atomic E-state index is 0.216. The summed E-state index contributed by atoms with van der Waals surface area (Å²) in [5, 5.41) is 1.03. The number of carbonyl (C=O) groups is 1. The van der Waals surface area contributed by atoms with Crippen molar-refractivity contribution < 1.29 is 9.53 Å². The van der Waals surface area contributed by atoms with Gasteiger partial charge in [0.25, 0.3) is 0 Å². The number of amides is 1. The standard InChI is InChI=1S/C25H35N3O2S/c1-18-7-5-13-27(18)14-6-16-30-20-10-8-19(9-11-20)23-26-21-12-15-28(17-22(21)31-23)24(29)25(2,3)4/h8-11,18H,5-7,12-17H2,1-4H3. The summed E-state index contributed by atoms with van der Waals surface area (Å²) in [5.74, 6) is 1.13. The Hall–Kier alpha value is -1.92. The number of fused-ring (bicyclic) bond motifs is 1. The van der Waals surface area contributed by atoms with E-state index >= 15 is 0 Å². The number of aromatic nitrogens is 1. The van der Waals surface area contributed by atoms with E-state index in [1.807, 2.05) is 37.8 Å². The van der Waals surface area contributed by atoms with Gasteiger partial charge in [0.15, 0.2) is 0 Å². The van der Waals surface area contributed by atoms with Crippen molar-refractivity contribution in [3.63, 3.8) is 0 Å². The molecule has 31 heavy (non-hydrogen) atoms. The number of rotatable bonds is 6. The number of hydrogen-bond acceptors (Lipinski definition) is 5. The molecule has 0 bridgehead atoms. The van der Waals surface area contributed by atoms with Gasteiger partial charge in [-0.1, -0.05) is 20.8 Å². The monoisotopic (exact) mass is 441 g/mol. The first-order valence-corrected chi connectivity index (χ1v) is 12.4. The fourth-order valence-electron chi connectivity index (χ4n) is 4.44. The molecule has 0 saturated carbocycles. The predicted molar refractivity (Wildman–Crippen MR) is 127 cm³/mol. The molecule has 1 unspecified atom stereocenters. The lowest BCUT2D eigenvalue weighted by Gasteiger charge is -2.31. The molecule has 2 aromatic rings. The Morgan fingerprint density at radius 1 is 1.23 bits per heavy atom. The van der Waals surface area contributed by atoms with Gasteiger partial charge in [0, 0.05) is 41.4 Å². The molecule has 0 N–H and O–H groups in total. The summed E-state index contributed by atoms with van der Waals surface area (Å²) in [6, 6.07) is 9.01. The van der Waals surface area contributed by atoms with Gasteiger partial charge in [-0.2, -0.15) is 0 Å². The first-order valence-electron chi connectivity index (χ1n) is 11.6. The lowest BCUT2D eigenvalue weighted by molar-refractivity contribution is -0.140. The zero-order valence-electron chi connectivity index (χ0n) is 19.3. The Balaban J connectivity index is 1.32. The minimum Gasteiger partial charge on any atom is -0.494 e. The predicted octanol–water partition coefficient (Wildman–Crippen LogP) is 4.99. The average molecular weight is 442 g/mol. The smallest absolute Gasteiger partial charge is 0.228 e. The first kappa shape index (κ1) is 22.3. The highest BCUT2D eigenvalue weighted by molar-refractivity contribution is 7.15. The summed E-state index contributed by atoms with van der Waals surface area (Å²) in [6.45, 7) is 12.8. The maximum atomic E-state index is 12.6. The van der Waals surface area contributed by atoms with Gasteiger partial charge < -0.3 is 14.5 Å². The third-order valence-electron chi connectivity index (χ3n) is 6.31. The third-order valence-corrected chi connectivity index (χ3v) is 7.44. The molecule has 0 aliphatic carbocycles.